The molecule has 9 nitrogen and oxygen atoms in total. The molecule has 1 saturated carbocycles. The summed E-state index contributed by atoms with van der Waals surface area (Å²) in [6.07, 6.45) is 9.69. The Morgan fingerprint density at radius 2 is 2.10 bits per heavy atom. The monoisotopic (exact) mass is 405 g/mol. The van der Waals surface area contributed by atoms with Crippen LogP contribution in [-0.2, 0) is 4.79 Å². The third-order valence-electron chi connectivity index (χ3n) is 6.22. The lowest BCUT2D eigenvalue weighted by Crippen LogP contribution is -2.46. The minimum atomic E-state index is 0.0958. The van der Waals surface area contributed by atoms with Crippen molar-refractivity contribution in [1.82, 2.24) is 24.3 Å². The summed E-state index contributed by atoms with van der Waals surface area (Å²) in [5.41, 5.74) is 8.78. The Labute approximate surface area is 173 Å². The summed E-state index contributed by atoms with van der Waals surface area (Å²) in [5.74, 6) is 0.915. The summed E-state index contributed by atoms with van der Waals surface area (Å²) in [4.78, 5) is 14.5. The van der Waals surface area contributed by atoms with Crippen LogP contribution in [0.4, 0.5) is 0 Å². The Morgan fingerprint density at radius 1 is 1.27 bits per heavy atom. The van der Waals surface area contributed by atoms with Crippen LogP contribution in [0.5, 0.6) is 5.75 Å². The topological polar surface area (TPSA) is 114 Å². The molecular weight excluding hydrogens is 382 g/mol. The van der Waals surface area contributed by atoms with Crippen molar-refractivity contribution in [1.29, 1.82) is 5.26 Å². The van der Waals surface area contributed by atoms with Crippen molar-refractivity contribution in [2.45, 2.75) is 31.3 Å². The van der Waals surface area contributed by atoms with E-state index >= 15 is 0 Å². The van der Waals surface area contributed by atoms with E-state index in [9.17, 15) is 10.1 Å². The fraction of sp³-hybridized carbons (Fsp3) is 0.429. The van der Waals surface area contributed by atoms with Gasteiger partial charge in [0.25, 0.3) is 0 Å². The highest BCUT2D eigenvalue weighted by atomic mass is 16.5. The van der Waals surface area contributed by atoms with E-state index in [-0.39, 0.29) is 23.9 Å². The van der Waals surface area contributed by atoms with Gasteiger partial charge in [0, 0.05) is 48.6 Å². The Balaban J connectivity index is 1.36. The summed E-state index contributed by atoms with van der Waals surface area (Å²) in [5, 5.41) is 18.1. The SMILES string of the molecule is COc1cc(-c2cnn([C@@H]3CCN(C(=O)[C@H]4C[C@H](N)C4)C3)c2)cn2ncc(C#N)c12. The van der Waals surface area contributed by atoms with E-state index in [2.05, 4.69) is 16.3 Å². The Hall–Kier alpha value is -3.38. The van der Waals surface area contributed by atoms with Gasteiger partial charge in [-0.05, 0) is 25.3 Å². The number of nitrogens with zero attached hydrogens (tertiary/aromatic N) is 6. The first-order valence-electron chi connectivity index (χ1n) is 10.1. The van der Waals surface area contributed by atoms with Gasteiger partial charge in [0.2, 0.25) is 5.91 Å². The highest BCUT2D eigenvalue weighted by molar-refractivity contribution is 5.80. The molecule has 1 aliphatic carbocycles. The summed E-state index contributed by atoms with van der Waals surface area (Å²) in [7, 11) is 1.58. The Morgan fingerprint density at radius 3 is 2.83 bits per heavy atom. The Bertz CT molecular complexity index is 1150. The molecule has 5 rings (SSSR count). The lowest BCUT2D eigenvalue weighted by atomic mass is 9.80. The van der Waals surface area contributed by atoms with E-state index in [1.807, 2.05) is 34.2 Å². The van der Waals surface area contributed by atoms with Crippen molar-refractivity contribution in [3.05, 3.63) is 36.4 Å². The number of hydrogen-bond donors (Lipinski definition) is 1. The maximum absolute atomic E-state index is 12.6. The van der Waals surface area contributed by atoms with Gasteiger partial charge < -0.3 is 15.4 Å². The van der Waals surface area contributed by atoms with Crippen LogP contribution >= 0.6 is 0 Å². The highest BCUT2D eigenvalue weighted by Gasteiger charge is 2.37. The number of aromatic nitrogens is 4. The van der Waals surface area contributed by atoms with E-state index in [0.29, 0.717) is 23.4 Å². The molecule has 2 fully saturated rings. The van der Waals surface area contributed by atoms with Gasteiger partial charge in [0.15, 0.2) is 0 Å². The van der Waals surface area contributed by atoms with E-state index in [1.165, 1.54) is 6.20 Å². The van der Waals surface area contributed by atoms with Crippen LogP contribution in [0.1, 0.15) is 30.9 Å². The van der Waals surface area contributed by atoms with E-state index in [1.54, 1.807) is 11.6 Å². The van der Waals surface area contributed by atoms with Crippen molar-refractivity contribution in [2.75, 3.05) is 20.2 Å². The number of carbonyl (C=O) groups excluding carboxylic acids is 1. The molecule has 4 heterocycles. The lowest BCUT2D eigenvalue weighted by Gasteiger charge is -2.34. The number of nitriles is 1. The minimum absolute atomic E-state index is 0.0958. The van der Waals surface area contributed by atoms with Crippen LogP contribution in [0.3, 0.4) is 0 Å². The maximum atomic E-state index is 12.6. The van der Waals surface area contributed by atoms with Gasteiger partial charge in [-0.15, -0.1) is 0 Å². The van der Waals surface area contributed by atoms with Gasteiger partial charge in [0.05, 0.1) is 25.5 Å². The standard InChI is InChI=1S/C21H23N7O2/c1-30-19-6-14(10-28-20(19)15(7-22)8-25-28)16-9-24-27(11-16)18-2-3-26(12-18)21(29)13-4-17(23)5-13/h6,8-11,13,17-18H,2-5,12,23H2,1H3/t13-,17-,18-/m1/s1. The van der Waals surface area contributed by atoms with Gasteiger partial charge in [-0.3, -0.25) is 9.48 Å². The summed E-state index contributed by atoms with van der Waals surface area (Å²) >= 11 is 0. The second-order valence-electron chi connectivity index (χ2n) is 8.12. The number of ether oxygens (including phenoxy) is 1. The number of carbonyl (C=O) groups is 1. The molecule has 9 heteroatoms. The van der Waals surface area contributed by atoms with Crippen LogP contribution in [0.2, 0.25) is 0 Å². The number of methoxy groups -OCH3 is 1. The molecule has 1 amide bonds. The van der Waals surface area contributed by atoms with Crippen molar-refractivity contribution < 1.29 is 9.53 Å². The molecule has 2 N–H and O–H groups in total. The molecule has 0 spiro atoms. The average molecular weight is 405 g/mol. The quantitative estimate of drug-likeness (QED) is 0.705. The van der Waals surface area contributed by atoms with Gasteiger partial charge in [0.1, 0.15) is 22.9 Å². The van der Waals surface area contributed by atoms with E-state index < -0.39 is 0 Å². The molecule has 1 saturated heterocycles. The predicted octanol–water partition coefficient (Wildman–Crippen LogP) is 1.59. The number of nitrogens with two attached hydrogens (primary N) is 1. The molecule has 0 unspecified atom stereocenters. The second-order valence-corrected chi connectivity index (χ2v) is 8.12. The highest BCUT2D eigenvalue weighted by Crippen LogP contribution is 2.33. The zero-order valence-corrected chi connectivity index (χ0v) is 16.7. The Kier molecular flexibility index (Phi) is 4.44. The number of amides is 1. The number of fused-ring (bicyclic) bond motifs is 1. The number of rotatable bonds is 4. The van der Waals surface area contributed by atoms with Gasteiger partial charge in [-0.25, -0.2) is 4.52 Å². The number of pyridine rings is 1. The van der Waals surface area contributed by atoms with Gasteiger partial charge in [-0.1, -0.05) is 0 Å². The van der Waals surface area contributed by atoms with E-state index in [0.717, 1.165) is 36.9 Å². The maximum Gasteiger partial charge on any atom is 0.225 e. The van der Waals surface area contributed by atoms with Gasteiger partial charge in [-0.2, -0.15) is 15.5 Å². The van der Waals surface area contributed by atoms with Crippen LogP contribution in [0.25, 0.3) is 16.6 Å². The molecule has 3 aromatic rings. The van der Waals surface area contributed by atoms with Crippen molar-refractivity contribution in [2.24, 2.45) is 11.7 Å². The third-order valence-corrected chi connectivity index (χ3v) is 6.22. The molecule has 2 aliphatic rings. The first-order chi connectivity index (χ1) is 14.6. The summed E-state index contributed by atoms with van der Waals surface area (Å²) in [6, 6.07) is 4.37. The van der Waals surface area contributed by atoms with Crippen molar-refractivity contribution in [3.63, 3.8) is 0 Å². The first-order valence-corrected chi connectivity index (χ1v) is 10.1. The normalized spacial score (nSPS) is 23.4. The van der Waals surface area contributed by atoms with Crippen LogP contribution in [-0.4, -0.2) is 56.4 Å². The third kappa shape index (κ3) is 3.00. The fourth-order valence-corrected chi connectivity index (χ4v) is 4.45. The number of likely N-dealkylation sites (tertiary alicyclic amines) is 1. The molecule has 1 atom stereocenters. The zero-order valence-electron chi connectivity index (χ0n) is 16.7. The van der Waals surface area contributed by atoms with Crippen LogP contribution in [0.15, 0.2) is 30.9 Å². The molecule has 1 aliphatic heterocycles. The minimum Gasteiger partial charge on any atom is -0.494 e. The largest absolute Gasteiger partial charge is 0.494 e. The summed E-state index contributed by atoms with van der Waals surface area (Å²) < 4.78 is 9.09. The first kappa shape index (κ1) is 18.6. The molecule has 0 radical (unpaired) electrons. The number of hydrogen-bond acceptors (Lipinski definition) is 6. The molecule has 154 valence electrons. The fourth-order valence-electron chi connectivity index (χ4n) is 4.45. The van der Waals surface area contributed by atoms with Crippen molar-refractivity contribution >= 4 is 11.4 Å². The molecular formula is C21H23N7O2. The molecule has 3 aromatic heterocycles. The second kappa shape index (κ2) is 7.15. The van der Waals surface area contributed by atoms with Gasteiger partial charge >= 0.3 is 0 Å². The smallest absolute Gasteiger partial charge is 0.225 e. The molecule has 0 aromatic carbocycles. The zero-order chi connectivity index (χ0) is 20.8. The average Bonchev–Trinajstić information content (AvgIpc) is 3.48. The molecule has 0 bridgehead atoms. The van der Waals surface area contributed by atoms with Crippen molar-refractivity contribution in [3.8, 4) is 22.9 Å². The lowest BCUT2D eigenvalue weighted by molar-refractivity contribution is -0.137. The van der Waals surface area contributed by atoms with Crippen LogP contribution < -0.4 is 10.5 Å². The van der Waals surface area contributed by atoms with E-state index in [4.69, 9.17) is 10.5 Å². The predicted molar refractivity (Wildman–Crippen MR) is 109 cm³/mol. The van der Waals surface area contributed by atoms with Crippen LogP contribution in [0, 0.1) is 17.2 Å². The summed E-state index contributed by atoms with van der Waals surface area (Å²) in [6.45, 7) is 1.44. The molecule has 30 heavy (non-hydrogen) atoms.